The fraction of sp³-hybridized carbons (Fsp3) is 0.0800. The molecule has 0 saturated carbocycles. The normalized spacial score (nSPS) is 14.6. The van der Waals surface area contributed by atoms with Gasteiger partial charge in [0.2, 0.25) is 0 Å². The smallest absolute Gasteiger partial charge is 0.343 e. The highest BCUT2D eigenvalue weighted by atomic mass is 127. The Morgan fingerprint density at radius 3 is 2.42 bits per heavy atom. The van der Waals surface area contributed by atoms with E-state index < -0.39 is 5.97 Å². The van der Waals surface area contributed by atoms with E-state index >= 15 is 0 Å². The number of nitrogens with zero attached hydrogens (tertiary/aromatic N) is 1. The van der Waals surface area contributed by atoms with Crippen LogP contribution in [0, 0.1) is 3.57 Å². The third-order valence-corrected chi connectivity index (χ3v) is 6.45. The van der Waals surface area contributed by atoms with Gasteiger partial charge in [-0.2, -0.15) is 0 Å². The molecule has 33 heavy (non-hydrogen) atoms. The highest BCUT2D eigenvalue weighted by Gasteiger charge is 2.35. The van der Waals surface area contributed by atoms with Gasteiger partial charge in [0, 0.05) is 3.57 Å². The average Bonchev–Trinajstić information content (AvgIpc) is 3.08. The molecule has 1 aliphatic rings. The predicted octanol–water partition coefficient (Wildman–Crippen LogP) is 5.76. The van der Waals surface area contributed by atoms with E-state index in [1.807, 2.05) is 30.3 Å². The Bertz CT molecular complexity index is 1240. The van der Waals surface area contributed by atoms with E-state index in [-0.39, 0.29) is 23.4 Å². The molecule has 166 valence electrons. The number of amides is 2. The maximum absolute atomic E-state index is 12.9. The lowest BCUT2D eigenvalue weighted by atomic mass is 10.1. The van der Waals surface area contributed by atoms with Gasteiger partial charge in [-0.15, -0.1) is 0 Å². The van der Waals surface area contributed by atoms with E-state index in [2.05, 4.69) is 22.6 Å². The lowest BCUT2D eigenvalue weighted by Gasteiger charge is -2.12. The van der Waals surface area contributed by atoms with Crippen LogP contribution in [0.2, 0.25) is 0 Å². The lowest BCUT2D eigenvalue weighted by molar-refractivity contribution is -0.123. The van der Waals surface area contributed by atoms with Crippen molar-refractivity contribution < 1.29 is 23.9 Å². The second kappa shape index (κ2) is 10.2. The molecule has 1 heterocycles. The second-order valence-corrected chi connectivity index (χ2v) is 9.30. The Balaban J connectivity index is 1.55. The number of imide groups is 1. The summed E-state index contributed by atoms with van der Waals surface area (Å²) in [6, 6.07) is 21.2. The first-order chi connectivity index (χ1) is 15.9. The van der Waals surface area contributed by atoms with Crippen molar-refractivity contribution in [2.45, 2.75) is 6.54 Å². The quantitative estimate of drug-likeness (QED) is 0.162. The first kappa shape index (κ1) is 23.1. The molecule has 8 heteroatoms. The molecule has 2 amide bonds. The summed E-state index contributed by atoms with van der Waals surface area (Å²) in [5.41, 5.74) is 1.88. The number of hydrogen-bond donors (Lipinski definition) is 0. The summed E-state index contributed by atoms with van der Waals surface area (Å²) in [5.74, 6) is -0.285. The first-order valence-electron chi connectivity index (χ1n) is 9.89. The molecule has 4 rings (SSSR count). The Labute approximate surface area is 208 Å². The summed E-state index contributed by atoms with van der Waals surface area (Å²) in [7, 11) is 1.48. The van der Waals surface area contributed by atoms with Crippen molar-refractivity contribution in [2.24, 2.45) is 0 Å². The number of benzene rings is 3. The number of esters is 1. The van der Waals surface area contributed by atoms with Crippen molar-refractivity contribution in [2.75, 3.05) is 7.11 Å². The van der Waals surface area contributed by atoms with Gasteiger partial charge in [-0.3, -0.25) is 14.5 Å². The molecular formula is C25H18INO5S. The maximum atomic E-state index is 12.9. The zero-order valence-corrected chi connectivity index (χ0v) is 20.5. The number of hydrogen-bond acceptors (Lipinski definition) is 6. The SMILES string of the molecule is COc1ccc(/C=C2\SC(=O)N(Cc3ccc(I)cc3)C2=O)cc1OC(=O)c1ccccc1. The van der Waals surface area contributed by atoms with Crippen LogP contribution in [0.5, 0.6) is 11.5 Å². The Hall–Kier alpha value is -3.11. The number of carbonyl (C=O) groups is 3. The van der Waals surface area contributed by atoms with E-state index in [0.29, 0.717) is 21.8 Å². The molecule has 0 spiro atoms. The molecule has 0 radical (unpaired) electrons. The first-order valence-corrected chi connectivity index (χ1v) is 11.8. The summed E-state index contributed by atoms with van der Waals surface area (Å²) in [6.45, 7) is 0.210. The van der Waals surface area contributed by atoms with Gasteiger partial charge in [0.05, 0.1) is 24.1 Å². The molecule has 0 bridgehead atoms. The van der Waals surface area contributed by atoms with Gasteiger partial charge < -0.3 is 9.47 Å². The van der Waals surface area contributed by atoms with Crippen molar-refractivity contribution in [1.82, 2.24) is 4.90 Å². The van der Waals surface area contributed by atoms with E-state index in [9.17, 15) is 14.4 Å². The van der Waals surface area contributed by atoms with E-state index in [1.165, 1.54) is 12.0 Å². The van der Waals surface area contributed by atoms with Gasteiger partial charge in [0.15, 0.2) is 11.5 Å². The van der Waals surface area contributed by atoms with Crippen molar-refractivity contribution in [3.8, 4) is 11.5 Å². The zero-order chi connectivity index (χ0) is 23.4. The van der Waals surface area contributed by atoms with Crippen LogP contribution >= 0.6 is 34.4 Å². The van der Waals surface area contributed by atoms with Gasteiger partial charge in [0.25, 0.3) is 11.1 Å². The third-order valence-electron chi connectivity index (χ3n) is 4.83. The number of methoxy groups -OCH3 is 1. The number of halogens is 1. The molecule has 0 aliphatic carbocycles. The largest absolute Gasteiger partial charge is 0.493 e. The Kier molecular flexibility index (Phi) is 7.14. The molecule has 0 N–H and O–H groups in total. The topological polar surface area (TPSA) is 72.9 Å². The van der Waals surface area contributed by atoms with Gasteiger partial charge in [0.1, 0.15) is 0 Å². The Morgan fingerprint density at radius 2 is 1.73 bits per heavy atom. The minimum atomic E-state index is -0.524. The molecule has 0 unspecified atom stereocenters. The Morgan fingerprint density at radius 1 is 1.00 bits per heavy atom. The molecule has 1 fully saturated rings. The third kappa shape index (κ3) is 5.45. The lowest BCUT2D eigenvalue weighted by Crippen LogP contribution is -2.27. The predicted molar refractivity (Wildman–Crippen MR) is 135 cm³/mol. The van der Waals surface area contributed by atoms with Crippen LogP contribution in [-0.2, 0) is 11.3 Å². The molecule has 0 aromatic heterocycles. The summed E-state index contributed by atoms with van der Waals surface area (Å²) >= 11 is 3.09. The van der Waals surface area contributed by atoms with Crippen LogP contribution in [0.3, 0.4) is 0 Å². The van der Waals surface area contributed by atoms with E-state index in [4.69, 9.17) is 9.47 Å². The monoisotopic (exact) mass is 571 g/mol. The number of ether oxygens (including phenoxy) is 2. The summed E-state index contributed by atoms with van der Waals surface area (Å²) in [4.78, 5) is 39.3. The molecule has 3 aromatic rings. The molecule has 1 saturated heterocycles. The zero-order valence-electron chi connectivity index (χ0n) is 17.5. The second-order valence-electron chi connectivity index (χ2n) is 7.06. The van der Waals surface area contributed by atoms with E-state index in [1.54, 1.807) is 48.5 Å². The summed E-state index contributed by atoms with van der Waals surface area (Å²) in [6.07, 6.45) is 1.61. The van der Waals surface area contributed by atoms with Crippen LogP contribution < -0.4 is 9.47 Å². The number of carbonyl (C=O) groups excluding carboxylic acids is 3. The molecule has 0 atom stereocenters. The molecule has 3 aromatic carbocycles. The fourth-order valence-electron chi connectivity index (χ4n) is 3.16. The van der Waals surface area contributed by atoms with Crippen molar-refractivity contribution in [1.29, 1.82) is 0 Å². The molecular weight excluding hydrogens is 553 g/mol. The number of rotatable bonds is 6. The van der Waals surface area contributed by atoms with Crippen molar-refractivity contribution in [3.05, 3.63) is 98.0 Å². The minimum absolute atomic E-state index is 0.210. The van der Waals surface area contributed by atoms with Crippen molar-refractivity contribution in [3.63, 3.8) is 0 Å². The van der Waals surface area contributed by atoms with Crippen molar-refractivity contribution >= 4 is 57.5 Å². The standard InChI is InChI=1S/C25H18INO5S/c1-31-20-12-9-17(13-21(20)32-24(29)18-5-3-2-4-6-18)14-22-23(28)27(25(30)33-22)15-16-7-10-19(26)11-8-16/h2-14H,15H2,1H3/b22-14-. The minimum Gasteiger partial charge on any atom is -0.493 e. The molecule has 6 nitrogen and oxygen atoms in total. The summed E-state index contributed by atoms with van der Waals surface area (Å²) in [5, 5.41) is -0.325. The van der Waals surface area contributed by atoms with Crippen LogP contribution in [0.25, 0.3) is 6.08 Å². The van der Waals surface area contributed by atoms with Crippen LogP contribution in [0.15, 0.2) is 77.7 Å². The van der Waals surface area contributed by atoms with Crippen LogP contribution in [-0.4, -0.2) is 29.1 Å². The highest BCUT2D eigenvalue weighted by molar-refractivity contribution is 14.1. The summed E-state index contributed by atoms with van der Waals surface area (Å²) < 4.78 is 11.9. The van der Waals surface area contributed by atoms with E-state index in [0.717, 1.165) is 20.9 Å². The van der Waals surface area contributed by atoms with Gasteiger partial charge >= 0.3 is 5.97 Å². The van der Waals surface area contributed by atoms with Crippen LogP contribution in [0.1, 0.15) is 21.5 Å². The van der Waals surface area contributed by atoms with Gasteiger partial charge in [-0.05, 0) is 88.0 Å². The fourth-order valence-corrected chi connectivity index (χ4v) is 4.35. The molecule has 1 aliphatic heterocycles. The van der Waals surface area contributed by atoms with Gasteiger partial charge in [-0.25, -0.2) is 4.79 Å². The average molecular weight is 571 g/mol. The highest BCUT2D eigenvalue weighted by Crippen LogP contribution is 2.35. The number of thioether (sulfide) groups is 1. The van der Waals surface area contributed by atoms with Gasteiger partial charge in [-0.1, -0.05) is 36.4 Å². The van der Waals surface area contributed by atoms with Crippen LogP contribution in [0.4, 0.5) is 4.79 Å². The maximum Gasteiger partial charge on any atom is 0.343 e.